The summed E-state index contributed by atoms with van der Waals surface area (Å²) in [5, 5.41) is 2.58. The molecule has 1 unspecified atom stereocenters. The number of benzene rings is 1. The first-order chi connectivity index (χ1) is 13.2. The molecule has 27 heavy (non-hydrogen) atoms. The third kappa shape index (κ3) is 4.21. The van der Waals surface area contributed by atoms with Crippen molar-refractivity contribution < 1.29 is 9.53 Å². The summed E-state index contributed by atoms with van der Waals surface area (Å²) in [6, 6.07) is 14.1. The molecule has 3 heterocycles. The van der Waals surface area contributed by atoms with Crippen molar-refractivity contribution in [3.8, 4) is 10.6 Å². The minimum absolute atomic E-state index is 0.0513. The number of thiazole rings is 1. The zero-order valence-corrected chi connectivity index (χ0v) is 16.5. The molecule has 0 bridgehead atoms. The molecule has 0 saturated carbocycles. The molecule has 3 aromatic rings. The standard InChI is InChI=1S/C20H21N3O2S2/c21-20-22-19(16-7-4-12-26-16)17(27-20)8-9-18(24)23-10-11-25-15(13-23)14-5-2-1-3-6-14/h1-7,12,15H,8-11,13H2,(H2,21,22). The van der Waals surface area contributed by atoms with E-state index in [0.29, 0.717) is 37.7 Å². The molecule has 1 aromatic carbocycles. The molecule has 1 aliphatic rings. The minimum atomic E-state index is -0.0513. The van der Waals surface area contributed by atoms with E-state index in [9.17, 15) is 4.79 Å². The van der Waals surface area contributed by atoms with E-state index in [2.05, 4.69) is 4.98 Å². The molecule has 0 radical (unpaired) electrons. The van der Waals surface area contributed by atoms with Crippen LogP contribution in [0.5, 0.6) is 0 Å². The molecule has 140 valence electrons. The predicted molar refractivity (Wildman–Crippen MR) is 110 cm³/mol. The number of aromatic nitrogens is 1. The number of ether oxygens (including phenoxy) is 1. The number of carbonyl (C=O) groups is 1. The minimum Gasteiger partial charge on any atom is -0.375 e. The van der Waals surface area contributed by atoms with Gasteiger partial charge in [0.05, 0.1) is 23.7 Å². The number of nitrogen functional groups attached to an aromatic ring is 1. The van der Waals surface area contributed by atoms with Gasteiger partial charge in [0, 0.05) is 17.8 Å². The van der Waals surface area contributed by atoms with Crippen LogP contribution in [0.25, 0.3) is 10.6 Å². The maximum Gasteiger partial charge on any atom is 0.223 e. The van der Waals surface area contributed by atoms with Gasteiger partial charge in [0.15, 0.2) is 5.13 Å². The highest BCUT2D eigenvalue weighted by molar-refractivity contribution is 7.17. The molecule has 1 aliphatic heterocycles. The zero-order chi connectivity index (χ0) is 18.6. The van der Waals surface area contributed by atoms with Crippen LogP contribution in [-0.2, 0) is 16.0 Å². The number of anilines is 1. The average molecular weight is 400 g/mol. The summed E-state index contributed by atoms with van der Waals surface area (Å²) < 4.78 is 5.86. The molecule has 5 nitrogen and oxygen atoms in total. The lowest BCUT2D eigenvalue weighted by Gasteiger charge is -2.33. The third-order valence-electron chi connectivity index (χ3n) is 4.62. The van der Waals surface area contributed by atoms with Crippen LogP contribution in [0.3, 0.4) is 0 Å². The summed E-state index contributed by atoms with van der Waals surface area (Å²) in [6.07, 6.45) is 1.07. The van der Waals surface area contributed by atoms with Gasteiger partial charge in [-0.05, 0) is 23.4 Å². The van der Waals surface area contributed by atoms with E-state index < -0.39 is 0 Å². The van der Waals surface area contributed by atoms with E-state index >= 15 is 0 Å². The van der Waals surface area contributed by atoms with E-state index in [1.54, 1.807) is 11.3 Å². The molecule has 7 heteroatoms. The molecule has 1 saturated heterocycles. The fourth-order valence-corrected chi connectivity index (χ4v) is 4.92. The van der Waals surface area contributed by atoms with Gasteiger partial charge in [-0.15, -0.1) is 22.7 Å². The highest BCUT2D eigenvalue weighted by Crippen LogP contribution is 2.33. The average Bonchev–Trinajstić information content (AvgIpc) is 3.36. The van der Waals surface area contributed by atoms with E-state index in [1.807, 2.05) is 52.7 Å². The molecule has 0 spiro atoms. The van der Waals surface area contributed by atoms with Gasteiger partial charge >= 0.3 is 0 Å². The number of hydrogen-bond acceptors (Lipinski definition) is 6. The molecule has 1 fully saturated rings. The summed E-state index contributed by atoms with van der Waals surface area (Å²) in [7, 11) is 0. The van der Waals surface area contributed by atoms with Gasteiger partial charge in [-0.2, -0.15) is 0 Å². The molecule has 4 rings (SSSR count). The number of nitrogens with two attached hydrogens (primary N) is 1. The van der Waals surface area contributed by atoms with Gasteiger partial charge in [-0.1, -0.05) is 36.4 Å². The molecule has 1 atom stereocenters. The van der Waals surface area contributed by atoms with Crippen LogP contribution in [-0.4, -0.2) is 35.5 Å². The van der Waals surface area contributed by atoms with Crippen LogP contribution in [0.2, 0.25) is 0 Å². The number of amides is 1. The van der Waals surface area contributed by atoms with E-state index in [4.69, 9.17) is 10.5 Å². The Morgan fingerprint density at radius 1 is 1.26 bits per heavy atom. The van der Waals surface area contributed by atoms with Crippen LogP contribution < -0.4 is 5.73 Å². The summed E-state index contributed by atoms with van der Waals surface area (Å²) in [4.78, 5) is 21.3. The van der Waals surface area contributed by atoms with Gasteiger partial charge in [-0.3, -0.25) is 4.79 Å². The Morgan fingerprint density at radius 2 is 2.11 bits per heavy atom. The number of carbonyl (C=O) groups excluding carboxylic acids is 1. The molecular formula is C20H21N3O2S2. The van der Waals surface area contributed by atoms with E-state index in [0.717, 1.165) is 21.0 Å². The maximum absolute atomic E-state index is 12.8. The monoisotopic (exact) mass is 399 g/mol. The normalized spacial score (nSPS) is 17.2. The predicted octanol–water partition coefficient (Wildman–Crippen LogP) is 3.99. The summed E-state index contributed by atoms with van der Waals surface area (Å²) in [6.45, 7) is 1.81. The van der Waals surface area contributed by atoms with Crippen LogP contribution in [0.1, 0.15) is 23.0 Å². The molecule has 0 aliphatic carbocycles. The molecule has 2 aromatic heterocycles. The second-order valence-corrected chi connectivity index (χ2v) is 8.47. The fourth-order valence-electron chi connectivity index (χ4n) is 3.27. The van der Waals surface area contributed by atoms with Crippen LogP contribution in [0.15, 0.2) is 47.8 Å². The molecule has 2 N–H and O–H groups in total. The highest BCUT2D eigenvalue weighted by atomic mass is 32.1. The van der Waals surface area contributed by atoms with Crippen molar-refractivity contribution in [3.05, 3.63) is 58.3 Å². The first-order valence-electron chi connectivity index (χ1n) is 8.94. The Kier molecular flexibility index (Phi) is 5.52. The van der Waals surface area contributed by atoms with E-state index in [-0.39, 0.29) is 12.0 Å². The van der Waals surface area contributed by atoms with Gasteiger partial charge in [0.25, 0.3) is 0 Å². The molecule has 1 amide bonds. The van der Waals surface area contributed by atoms with Crippen LogP contribution in [0.4, 0.5) is 5.13 Å². The number of thiophene rings is 1. The van der Waals surface area contributed by atoms with Crippen molar-refractivity contribution in [2.24, 2.45) is 0 Å². The summed E-state index contributed by atoms with van der Waals surface area (Å²) in [5.74, 6) is 0.156. The van der Waals surface area contributed by atoms with Gasteiger partial charge in [0.1, 0.15) is 6.10 Å². The Morgan fingerprint density at radius 3 is 2.89 bits per heavy atom. The second-order valence-electron chi connectivity index (χ2n) is 6.41. The second kappa shape index (κ2) is 8.21. The Labute approximate surface area is 166 Å². The first-order valence-corrected chi connectivity index (χ1v) is 10.6. The zero-order valence-electron chi connectivity index (χ0n) is 14.8. The van der Waals surface area contributed by atoms with Crippen molar-refractivity contribution in [1.82, 2.24) is 9.88 Å². The topological polar surface area (TPSA) is 68.5 Å². The SMILES string of the molecule is Nc1nc(-c2cccs2)c(CCC(=O)N2CCOC(c3ccccc3)C2)s1. The van der Waals surface area contributed by atoms with Gasteiger partial charge in [0.2, 0.25) is 5.91 Å². The Balaban J connectivity index is 1.40. The van der Waals surface area contributed by atoms with Crippen molar-refractivity contribution in [3.63, 3.8) is 0 Å². The smallest absolute Gasteiger partial charge is 0.223 e. The quantitative estimate of drug-likeness (QED) is 0.704. The number of rotatable bonds is 5. The van der Waals surface area contributed by atoms with Crippen molar-refractivity contribution in [2.75, 3.05) is 25.4 Å². The number of aryl methyl sites for hydroxylation is 1. The Bertz CT molecular complexity index is 893. The summed E-state index contributed by atoms with van der Waals surface area (Å²) in [5.41, 5.74) is 7.95. The van der Waals surface area contributed by atoms with Crippen molar-refractivity contribution in [1.29, 1.82) is 0 Å². The largest absolute Gasteiger partial charge is 0.375 e. The fraction of sp³-hybridized carbons (Fsp3) is 0.300. The summed E-state index contributed by atoms with van der Waals surface area (Å²) >= 11 is 3.12. The number of nitrogens with zero attached hydrogens (tertiary/aromatic N) is 2. The number of hydrogen-bond donors (Lipinski definition) is 1. The Hall–Kier alpha value is -2.22. The van der Waals surface area contributed by atoms with Gasteiger partial charge in [-0.25, -0.2) is 4.98 Å². The first kappa shape index (κ1) is 18.2. The lowest BCUT2D eigenvalue weighted by molar-refractivity contribution is -0.139. The highest BCUT2D eigenvalue weighted by Gasteiger charge is 2.25. The lowest BCUT2D eigenvalue weighted by atomic mass is 10.1. The van der Waals surface area contributed by atoms with Crippen LogP contribution in [0, 0.1) is 0 Å². The maximum atomic E-state index is 12.8. The number of morpholine rings is 1. The van der Waals surface area contributed by atoms with E-state index in [1.165, 1.54) is 11.3 Å². The molecular weight excluding hydrogens is 378 g/mol. The van der Waals surface area contributed by atoms with Crippen molar-refractivity contribution in [2.45, 2.75) is 18.9 Å². The lowest BCUT2D eigenvalue weighted by Crippen LogP contribution is -2.42. The third-order valence-corrected chi connectivity index (χ3v) is 6.45. The van der Waals surface area contributed by atoms with Crippen molar-refractivity contribution >= 4 is 33.7 Å². The van der Waals surface area contributed by atoms with Crippen LogP contribution >= 0.6 is 22.7 Å². The van der Waals surface area contributed by atoms with Gasteiger partial charge < -0.3 is 15.4 Å².